The van der Waals surface area contributed by atoms with Crippen molar-refractivity contribution in [2.45, 2.75) is 19.4 Å². The molecular weight excluding hydrogens is 318 g/mol. The average molecular weight is 330 g/mol. The fourth-order valence-corrected chi connectivity index (χ4v) is 2.76. The van der Waals surface area contributed by atoms with Crippen LogP contribution in [0.15, 0.2) is 20.3 Å². The third-order valence-electron chi connectivity index (χ3n) is 2.54. The lowest BCUT2D eigenvalue weighted by atomic mass is 10.1. The van der Waals surface area contributed by atoms with E-state index < -0.39 is 0 Å². The molecule has 1 aliphatic rings. The molecule has 1 aromatic rings. The first-order valence-corrected chi connectivity index (χ1v) is 7.08. The number of amides is 2. The topological polar surface area (TPSA) is 61.8 Å². The van der Waals surface area contributed by atoms with Crippen LogP contribution in [0.25, 0.3) is 0 Å². The van der Waals surface area contributed by atoms with Crippen LogP contribution < -0.4 is 5.32 Å². The van der Waals surface area contributed by atoms with Gasteiger partial charge in [-0.3, -0.25) is 9.59 Å². The molecule has 0 atom stereocenters. The summed E-state index contributed by atoms with van der Waals surface area (Å²) in [6.07, 6.45) is 0.745. The van der Waals surface area contributed by atoms with E-state index in [1.807, 2.05) is 11.4 Å². The van der Waals surface area contributed by atoms with Gasteiger partial charge >= 0.3 is 0 Å². The fourth-order valence-electron chi connectivity index (χ4n) is 1.56. The Balaban J connectivity index is 1.92. The van der Waals surface area contributed by atoms with Crippen LogP contribution in [0.3, 0.4) is 0 Å². The molecule has 18 heavy (non-hydrogen) atoms. The van der Waals surface area contributed by atoms with Gasteiger partial charge in [0, 0.05) is 26.4 Å². The summed E-state index contributed by atoms with van der Waals surface area (Å²) in [4.78, 5) is 23.1. The summed E-state index contributed by atoms with van der Waals surface area (Å²) >= 11 is 4.94. The Kier molecular flexibility index (Phi) is 4.13. The van der Waals surface area contributed by atoms with Gasteiger partial charge in [0.25, 0.3) is 5.91 Å². The lowest BCUT2D eigenvalue weighted by Gasteiger charge is -2.18. The molecule has 0 aromatic carbocycles. The molecular formula is C11H12BrN3O2S. The van der Waals surface area contributed by atoms with Crippen LogP contribution in [0, 0.1) is 0 Å². The molecule has 1 aliphatic heterocycles. The lowest BCUT2D eigenvalue weighted by Crippen LogP contribution is -2.37. The second-order valence-electron chi connectivity index (χ2n) is 3.91. The van der Waals surface area contributed by atoms with E-state index in [2.05, 4.69) is 26.3 Å². The molecule has 0 aliphatic carbocycles. The van der Waals surface area contributed by atoms with E-state index in [-0.39, 0.29) is 11.8 Å². The number of carbonyl (C=O) groups excluding carboxylic acids is 2. The minimum Gasteiger partial charge on any atom is -0.347 e. The van der Waals surface area contributed by atoms with Gasteiger partial charge in [0.1, 0.15) is 5.71 Å². The van der Waals surface area contributed by atoms with Crippen molar-refractivity contribution in [3.63, 3.8) is 0 Å². The minimum atomic E-state index is -0.211. The summed E-state index contributed by atoms with van der Waals surface area (Å²) in [6.45, 7) is 0.470. The highest BCUT2D eigenvalue weighted by atomic mass is 79.9. The Morgan fingerprint density at radius 2 is 2.39 bits per heavy atom. The van der Waals surface area contributed by atoms with Crippen molar-refractivity contribution in [3.05, 3.63) is 20.8 Å². The van der Waals surface area contributed by atoms with Gasteiger partial charge in [-0.25, -0.2) is 5.01 Å². The maximum atomic E-state index is 11.8. The first kappa shape index (κ1) is 13.2. The zero-order valence-corrected chi connectivity index (χ0v) is 12.2. The predicted octanol–water partition coefficient (Wildman–Crippen LogP) is 1.73. The molecule has 0 bridgehead atoms. The maximum absolute atomic E-state index is 11.8. The average Bonchev–Trinajstić information content (AvgIpc) is 2.75. The largest absolute Gasteiger partial charge is 0.347 e. The zero-order chi connectivity index (χ0) is 13.1. The van der Waals surface area contributed by atoms with Gasteiger partial charge in [-0.2, -0.15) is 5.10 Å². The molecule has 2 amide bonds. The first-order chi connectivity index (χ1) is 8.56. The van der Waals surface area contributed by atoms with Crippen molar-refractivity contribution in [2.75, 3.05) is 7.05 Å². The Hall–Kier alpha value is -1.21. The van der Waals surface area contributed by atoms with Crippen molar-refractivity contribution in [3.8, 4) is 0 Å². The third kappa shape index (κ3) is 3.17. The number of halogens is 1. The molecule has 0 saturated heterocycles. The Morgan fingerprint density at radius 1 is 1.61 bits per heavy atom. The van der Waals surface area contributed by atoms with Crippen LogP contribution in [-0.2, 0) is 16.1 Å². The highest BCUT2D eigenvalue weighted by Crippen LogP contribution is 2.20. The van der Waals surface area contributed by atoms with Crippen LogP contribution in [0.4, 0.5) is 0 Å². The molecule has 0 radical (unpaired) electrons. The van der Waals surface area contributed by atoms with E-state index >= 15 is 0 Å². The number of hydrogen-bond donors (Lipinski definition) is 1. The number of thiophene rings is 1. The monoisotopic (exact) mass is 329 g/mol. The van der Waals surface area contributed by atoms with Crippen molar-refractivity contribution in [1.82, 2.24) is 10.3 Å². The SMILES string of the molecule is CN1N=C(C(=O)NCc2csc(Br)c2)CCC1=O. The summed E-state index contributed by atoms with van der Waals surface area (Å²) in [7, 11) is 1.56. The molecule has 2 heterocycles. The summed E-state index contributed by atoms with van der Waals surface area (Å²) in [5, 5.41) is 9.95. The van der Waals surface area contributed by atoms with Gasteiger partial charge < -0.3 is 5.32 Å². The van der Waals surface area contributed by atoms with Crippen molar-refractivity contribution in [2.24, 2.45) is 5.10 Å². The number of hydrogen-bond acceptors (Lipinski definition) is 4. The van der Waals surface area contributed by atoms with Crippen molar-refractivity contribution >= 4 is 44.8 Å². The van der Waals surface area contributed by atoms with E-state index in [9.17, 15) is 9.59 Å². The quantitative estimate of drug-likeness (QED) is 0.918. The standard InChI is InChI=1S/C11H12BrN3O2S/c1-15-10(16)3-2-8(14-15)11(17)13-5-7-4-9(12)18-6-7/h4,6H,2-3,5H2,1H3,(H,13,17). The Labute approximate surface area is 117 Å². The van der Waals surface area contributed by atoms with Gasteiger partial charge in [-0.1, -0.05) is 0 Å². The van der Waals surface area contributed by atoms with Crippen molar-refractivity contribution in [1.29, 1.82) is 0 Å². The number of nitrogens with one attached hydrogen (secondary N) is 1. The van der Waals surface area contributed by atoms with Crippen LogP contribution in [0.5, 0.6) is 0 Å². The van der Waals surface area contributed by atoms with Crippen LogP contribution >= 0.6 is 27.3 Å². The third-order valence-corrected chi connectivity index (χ3v) is 4.10. The summed E-state index contributed by atoms with van der Waals surface area (Å²) in [5.41, 5.74) is 1.45. The van der Waals surface area contributed by atoms with Crippen LogP contribution in [0.2, 0.25) is 0 Å². The zero-order valence-electron chi connectivity index (χ0n) is 9.77. The Bertz CT molecular complexity index is 512. The van der Waals surface area contributed by atoms with Gasteiger partial charge in [0.05, 0.1) is 3.79 Å². The molecule has 1 N–H and O–H groups in total. The van der Waals surface area contributed by atoms with E-state index in [0.29, 0.717) is 25.1 Å². The smallest absolute Gasteiger partial charge is 0.267 e. The molecule has 0 unspecified atom stereocenters. The van der Waals surface area contributed by atoms with Crippen molar-refractivity contribution < 1.29 is 9.59 Å². The van der Waals surface area contributed by atoms with Gasteiger partial charge in [0.15, 0.2) is 0 Å². The molecule has 2 rings (SSSR count). The van der Waals surface area contributed by atoms with E-state index in [4.69, 9.17) is 0 Å². The number of rotatable bonds is 3. The molecule has 96 valence electrons. The second-order valence-corrected chi connectivity index (χ2v) is 6.20. The predicted molar refractivity (Wildman–Crippen MR) is 73.3 cm³/mol. The minimum absolute atomic E-state index is 0.0617. The molecule has 1 aromatic heterocycles. The van der Waals surface area contributed by atoms with E-state index in [1.54, 1.807) is 18.4 Å². The van der Waals surface area contributed by atoms with E-state index in [0.717, 1.165) is 9.35 Å². The highest BCUT2D eigenvalue weighted by molar-refractivity contribution is 9.11. The molecule has 5 nitrogen and oxygen atoms in total. The maximum Gasteiger partial charge on any atom is 0.267 e. The van der Waals surface area contributed by atoms with E-state index in [1.165, 1.54) is 5.01 Å². The first-order valence-electron chi connectivity index (χ1n) is 5.41. The number of carbonyl (C=O) groups is 2. The van der Waals surface area contributed by atoms with Gasteiger partial charge in [-0.05, 0) is 32.9 Å². The fraction of sp³-hybridized carbons (Fsp3) is 0.364. The molecule has 0 fully saturated rings. The molecule has 7 heteroatoms. The second kappa shape index (κ2) is 5.62. The van der Waals surface area contributed by atoms with Crippen LogP contribution in [-0.4, -0.2) is 29.6 Å². The lowest BCUT2D eigenvalue weighted by molar-refractivity contribution is -0.130. The summed E-state index contributed by atoms with van der Waals surface area (Å²) < 4.78 is 1.03. The Morgan fingerprint density at radius 3 is 3.00 bits per heavy atom. The van der Waals surface area contributed by atoms with Crippen LogP contribution in [0.1, 0.15) is 18.4 Å². The molecule has 0 spiro atoms. The van der Waals surface area contributed by atoms with Gasteiger partial charge in [-0.15, -0.1) is 11.3 Å². The highest BCUT2D eigenvalue weighted by Gasteiger charge is 2.21. The normalized spacial score (nSPS) is 15.6. The van der Waals surface area contributed by atoms with Gasteiger partial charge in [0.2, 0.25) is 5.91 Å². The number of hydrazone groups is 1. The number of nitrogens with zero attached hydrogens (tertiary/aromatic N) is 2. The summed E-state index contributed by atoms with van der Waals surface area (Å²) in [6, 6.07) is 1.96. The summed E-state index contributed by atoms with van der Waals surface area (Å²) in [5.74, 6) is -0.273. The molecule has 0 saturated carbocycles.